The van der Waals surface area contributed by atoms with Crippen molar-refractivity contribution in [3.63, 3.8) is 0 Å². The summed E-state index contributed by atoms with van der Waals surface area (Å²) in [7, 11) is 0. The molecule has 0 aliphatic rings. The fraction of sp³-hybridized carbons (Fsp3) is 0. The third kappa shape index (κ3) is 1.33. The molecule has 18 heavy (non-hydrogen) atoms. The maximum Gasteiger partial charge on any atom is 0.138 e. The van der Waals surface area contributed by atoms with Crippen molar-refractivity contribution in [3.05, 3.63) is 53.8 Å². The van der Waals surface area contributed by atoms with Crippen LogP contribution in [0.2, 0.25) is 5.02 Å². The van der Waals surface area contributed by atoms with Crippen molar-refractivity contribution in [1.82, 2.24) is 4.98 Å². The highest BCUT2D eigenvalue weighted by Gasteiger charge is 2.08. The van der Waals surface area contributed by atoms with E-state index in [0.717, 1.165) is 37.7 Å². The smallest absolute Gasteiger partial charge is 0.138 e. The Kier molecular flexibility index (Phi) is 1.91. The van der Waals surface area contributed by atoms with Crippen LogP contribution in [0.1, 0.15) is 0 Å². The van der Waals surface area contributed by atoms with Gasteiger partial charge in [0.1, 0.15) is 11.2 Å². The van der Waals surface area contributed by atoms with Crippen molar-refractivity contribution < 1.29 is 4.42 Å². The highest BCUT2D eigenvalue weighted by molar-refractivity contribution is 6.31. The minimum absolute atomic E-state index is 0.743. The van der Waals surface area contributed by atoms with Crippen LogP contribution in [0.25, 0.3) is 32.7 Å². The first-order chi connectivity index (χ1) is 8.81. The van der Waals surface area contributed by atoms with Gasteiger partial charge in [-0.2, -0.15) is 0 Å². The SMILES string of the molecule is Clc1ccc2cc3oc4ccncc4c3cc2c1. The molecule has 0 radical (unpaired) electrons. The molecule has 0 fully saturated rings. The third-order valence-corrected chi connectivity index (χ3v) is 3.43. The fourth-order valence-electron chi connectivity index (χ4n) is 2.33. The van der Waals surface area contributed by atoms with Crippen molar-refractivity contribution in [1.29, 1.82) is 0 Å². The predicted octanol–water partition coefficient (Wildman–Crippen LogP) is 4.79. The summed E-state index contributed by atoms with van der Waals surface area (Å²) in [6.45, 7) is 0. The Morgan fingerprint density at radius 1 is 0.889 bits per heavy atom. The lowest BCUT2D eigenvalue weighted by molar-refractivity contribution is 0.669. The van der Waals surface area contributed by atoms with Crippen molar-refractivity contribution in [2.45, 2.75) is 0 Å². The van der Waals surface area contributed by atoms with E-state index >= 15 is 0 Å². The fourth-order valence-corrected chi connectivity index (χ4v) is 2.51. The molecule has 0 bridgehead atoms. The Morgan fingerprint density at radius 2 is 1.83 bits per heavy atom. The summed E-state index contributed by atoms with van der Waals surface area (Å²) in [5.74, 6) is 0. The van der Waals surface area contributed by atoms with Crippen LogP contribution in [0.15, 0.2) is 53.2 Å². The van der Waals surface area contributed by atoms with E-state index in [-0.39, 0.29) is 0 Å². The summed E-state index contributed by atoms with van der Waals surface area (Å²) < 4.78 is 5.82. The molecule has 3 heteroatoms. The van der Waals surface area contributed by atoms with Crippen LogP contribution in [0.5, 0.6) is 0 Å². The second-order valence-electron chi connectivity index (χ2n) is 4.31. The van der Waals surface area contributed by atoms with Gasteiger partial charge in [-0.15, -0.1) is 0 Å². The van der Waals surface area contributed by atoms with E-state index in [1.807, 2.05) is 36.5 Å². The van der Waals surface area contributed by atoms with Gasteiger partial charge in [-0.25, -0.2) is 0 Å². The Labute approximate surface area is 108 Å². The minimum atomic E-state index is 0.743. The number of hydrogen-bond acceptors (Lipinski definition) is 2. The Bertz CT molecular complexity index is 895. The second-order valence-corrected chi connectivity index (χ2v) is 4.75. The summed E-state index contributed by atoms with van der Waals surface area (Å²) in [6.07, 6.45) is 3.57. The summed E-state index contributed by atoms with van der Waals surface area (Å²) in [6, 6.07) is 11.9. The average Bonchev–Trinajstić information content (AvgIpc) is 2.74. The molecule has 0 saturated heterocycles. The zero-order chi connectivity index (χ0) is 12.1. The van der Waals surface area contributed by atoms with Crippen molar-refractivity contribution >= 4 is 44.3 Å². The molecule has 2 heterocycles. The first-order valence-electron chi connectivity index (χ1n) is 5.67. The van der Waals surface area contributed by atoms with Crippen molar-refractivity contribution in [2.75, 3.05) is 0 Å². The van der Waals surface area contributed by atoms with Gasteiger partial charge in [-0.05, 0) is 41.1 Å². The molecule has 86 valence electrons. The van der Waals surface area contributed by atoms with Crippen LogP contribution in [0.3, 0.4) is 0 Å². The molecule has 0 unspecified atom stereocenters. The van der Waals surface area contributed by atoms with Crippen LogP contribution in [-0.2, 0) is 0 Å². The topological polar surface area (TPSA) is 26.0 Å². The monoisotopic (exact) mass is 253 g/mol. The van der Waals surface area contributed by atoms with E-state index in [1.165, 1.54) is 0 Å². The highest BCUT2D eigenvalue weighted by atomic mass is 35.5. The average molecular weight is 254 g/mol. The van der Waals surface area contributed by atoms with Crippen molar-refractivity contribution in [2.24, 2.45) is 0 Å². The van der Waals surface area contributed by atoms with Crippen LogP contribution in [0, 0.1) is 0 Å². The van der Waals surface area contributed by atoms with E-state index in [4.69, 9.17) is 16.0 Å². The molecule has 0 aliphatic heterocycles. The summed E-state index contributed by atoms with van der Waals surface area (Å²) >= 11 is 6.03. The Hall–Kier alpha value is -2.06. The van der Waals surface area contributed by atoms with Gasteiger partial charge >= 0.3 is 0 Å². The third-order valence-electron chi connectivity index (χ3n) is 3.19. The lowest BCUT2D eigenvalue weighted by Gasteiger charge is -1.98. The standard InChI is InChI=1S/C15H8ClNO/c16-11-2-1-9-7-15-12(6-10(9)5-11)13-8-17-4-3-14(13)18-15/h1-8H. The minimum Gasteiger partial charge on any atom is -0.456 e. The van der Waals surface area contributed by atoms with Gasteiger partial charge in [0.2, 0.25) is 0 Å². The molecule has 4 aromatic rings. The number of halogens is 1. The van der Waals surface area contributed by atoms with Crippen LogP contribution in [0.4, 0.5) is 0 Å². The molecule has 0 N–H and O–H groups in total. The quantitative estimate of drug-likeness (QED) is 0.450. The predicted molar refractivity (Wildman–Crippen MR) is 74.0 cm³/mol. The van der Waals surface area contributed by atoms with Gasteiger partial charge < -0.3 is 4.42 Å². The zero-order valence-corrected chi connectivity index (χ0v) is 10.1. The Morgan fingerprint density at radius 3 is 2.78 bits per heavy atom. The number of fused-ring (bicyclic) bond motifs is 4. The van der Waals surface area contributed by atoms with E-state index in [2.05, 4.69) is 11.1 Å². The summed E-state index contributed by atoms with van der Waals surface area (Å²) in [4.78, 5) is 4.15. The van der Waals surface area contributed by atoms with Crippen LogP contribution in [-0.4, -0.2) is 4.98 Å². The molecule has 0 atom stereocenters. The molecular weight excluding hydrogens is 246 g/mol. The highest BCUT2D eigenvalue weighted by Crippen LogP contribution is 2.32. The molecule has 0 spiro atoms. The molecule has 4 rings (SSSR count). The molecule has 2 aromatic carbocycles. The summed E-state index contributed by atoms with van der Waals surface area (Å²) in [5.41, 5.74) is 1.74. The number of furan rings is 1. The van der Waals surface area contributed by atoms with Crippen LogP contribution >= 0.6 is 11.6 Å². The first kappa shape index (κ1) is 9.92. The van der Waals surface area contributed by atoms with Gasteiger partial charge in [-0.1, -0.05) is 17.7 Å². The molecule has 0 aliphatic carbocycles. The number of benzene rings is 2. The van der Waals surface area contributed by atoms with Gasteiger partial charge in [0.05, 0.1) is 0 Å². The molecule has 0 saturated carbocycles. The van der Waals surface area contributed by atoms with E-state index in [0.29, 0.717) is 0 Å². The van der Waals surface area contributed by atoms with Gasteiger partial charge in [0, 0.05) is 28.2 Å². The molecule has 2 nitrogen and oxygen atoms in total. The first-order valence-corrected chi connectivity index (χ1v) is 6.05. The second kappa shape index (κ2) is 3.47. The van der Waals surface area contributed by atoms with E-state index < -0.39 is 0 Å². The lowest BCUT2D eigenvalue weighted by Crippen LogP contribution is -1.74. The van der Waals surface area contributed by atoms with Gasteiger partial charge in [0.25, 0.3) is 0 Å². The largest absolute Gasteiger partial charge is 0.456 e. The van der Waals surface area contributed by atoms with Crippen molar-refractivity contribution in [3.8, 4) is 0 Å². The molecule has 2 aromatic heterocycles. The van der Waals surface area contributed by atoms with Gasteiger partial charge in [0.15, 0.2) is 0 Å². The maximum atomic E-state index is 6.03. The number of nitrogens with zero attached hydrogens (tertiary/aromatic N) is 1. The van der Waals surface area contributed by atoms with Crippen LogP contribution < -0.4 is 0 Å². The maximum absolute atomic E-state index is 6.03. The van der Waals surface area contributed by atoms with E-state index in [9.17, 15) is 0 Å². The summed E-state index contributed by atoms with van der Waals surface area (Å²) in [5, 5.41) is 5.09. The van der Waals surface area contributed by atoms with Gasteiger partial charge in [-0.3, -0.25) is 4.98 Å². The number of rotatable bonds is 0. The lowest BCUT2D eigenvalue weighted by atomic mass is 10.1. The molecular formula is C15H8ClNO. The number of pyridine rings is 1. The molecule has 0 amide bonds. The number of hydrogen-bond donors (Lipinski definition) is 0. The Balaban J connectivity index is 2.24. The van der Waals surface area contributed by atoms with E-state index in [1.54, 1.807) is 6.20 Å². The normalized spacial score (nSPS) is 11.6. The number of aromatic nitrogens is 1. The zero-order valence-electron chi connectivity index (χ0n) is 9.35.